The Hall–Kier alpha value is -2.48. The summed E-state index contributed by atoms with van der Waals surface area (Å²) in [6.07, 6.45) is 6.96. The normalized spacial score (nSPS) is 10.2. The van der Waals surface area contributed by atoms with Crippen LogP contribution in [0.25, 0.3) is 0 Å². The van der Waals surface area contributed by atoms with Gasteiger partial charge in [-0.2, -0.15) is 4.73 Å². The lowest BCUT2D eigenvalue weighted by atomic mass is 10.1. The fourth-order valence-corrected chi connectivity index (χ4v) is 1.15. The van der Waals surface area contributed by atoms with E-state index in [1.165, 1.54) is 6.92 Å². The quantitative estimate of drug-likeness (QED) is 0.328. The maximum Gasteiger partial charge on any atom is 0.298 e. The minimum Gasteiger partial charge on any atom is -0.507 e. The number of terminal acetylenes is 1. The molecule has 1 rings (SSSR count). The standard InChI is InChI=1S/C11H9NO4/c1-3-4-5-8(13)10-9(14)6-7(2)12(16)11(10)15/h1,4-6,14,16H,2H3/b5-4+. The Morgan fingerprint density at radius 3 is 2.81 bits per heavy atom. The van der Waals surface area contributed by atoms with Gasteiger partial charge in [-0.1, -0.05) is 5.92 Å². The highest BCUT2D eigenvalue weighted by Crippen LogP contribution is 2.14. The van der Waals surface area contributed by atoms with Crippen LogP contribution < -0.4 is 5.56 Å². The summed E-state index contributed by atoms with van der Waals surface area (Å²) in [5, 5.41) is 18.7. The van der Waals surface area contributed by atoms with Crippen molar-refractivity contribution in [2.75, 3.05) is 0 Å². The Morgan fingerprint density at radius 2 is 2.25 bits per heavy atom. The maximum atomic E-state index is 11.5. The molecule has 1 aromatic heterocycles. The van der Waals surface area contributed by atoms with E-state index in [0.717, 1.165) is 18.2 Å². The van der Waals surface area contributed by atoms with Crippen LogP contribution in [-0.2, 0) is 0 Å². The van der Waals surface area contributed by atoms with Crippen LogP contribution in [0, 0.1) is 19.3 Å². The molecular formula is C11H9NO4. The Balaban J connectivity index is 3.42. The third kappa shape index (κ3) is 1.96. The van der Waals surface area contributed by atoms with E-state index in [2.05, 4.69) is 5.92 Å². The second-order valence-corrected chi connectivity index (χ2v) is 3.03. The molecule has 0 radical (unpaired) electrons. The van der Waals surface area contributed by atoms with Crippen molar-refractivity contribution in [2.45, 2.75) is 6.92 Å². The molecule has 1 aromatic rings. The summed E-state index contributed by atoms with van der Waals surface area (Å²) < 4.78 is 0.288. The van der Waals surface area contributed by atoms with Crippen LogP contribution in [-0.4, -0.2) is 20.8 Å². The molecule has 0 saturated carbocycles. The molecule has 2 N–H and O–H groups in total. The van der Waals surface area contributed by atoms with Gasteiger partial charge in [0.25, 0.3) is 5.56 Å². The summed E-state index contributed by atoms with van der Waals surface area (Å²) in [5.74, 6) is 0.831. The smallest absolute Gasteiger partial charge is 0.298 e. The minimum absolute atomic E-state index is 0.125. The highest BCUT2D eigenvalue weighted by Gasteiger charge is 2.17. The van der Waals surface area contributed by atoms with Crippen LogP contribution in [0.1, 0.15) is 16.1 Å². The molecule has 16 heavy (non-hydrogen) atoms. The second-order valence-electron chi connectivity index (χ2n) is 3.03. The molecule has 0 saturated heterocycles. The largest absolute Gasteiger partial charge is 0.507 e. The summed E-state index contributed by atoms with van der Waals surface area (Å²) >= 11 is 0. The average molecular weight is 219 g/mol. The van der Waals surface area contributed by atoms with E-state index in [4.69, 9.17) is 6.42 Å². The number of rotatable bonds is 2. The Labute approximate surface area is 91.2 Å². The number of allylic oxidation sites excluding steroid dienone is 2. The van der Waals surface area contributed by atoms with Crippen LogP contribution >= 0.6 is 0 Å². The topological polar surface area (TPSA) is 79.5 Å². The lowest BCUT2D eigenvalue weighted by Gasteiger charge is -2.05. The summed E-state index contributed by atoms with van der Waals surface area (Å²) in [5.41, 5.74) is -1.37. The number of nitrogens with zero attached hydrogens (tertiary/aromatic N) is 1. The highest BCUT2D eigenvalue weighted by atomic mass is 16.5. The van der Waals surface area contributed by atoms with Gasteiger partial charge in [-0.05, 0) is 19.1 Å². The first-order valence-corrected chi connectivity index (χ1v) is 4.31. The van der Waals surface area contributed by atoms with Gasteiger partial charge in [0.15, 0.2) is 5.78 Å². The monoisotopic (exact) mass is 219 g/mol. The van der Waals surface area contributed by atoms with Crippen molar-refractivity contribution in [3.8, 4) is 18.1 Å². The van der Waals surface area contributed by atoms with Crippen LogP contribution in [0.15, 0.2) is 23.0 Å². The fourth-order valence-electron chi connectivity index (χ4n) is 1.15. The molecule has 5 heteroatoms. The number of aromatic hydroxyl groups is 1. The molecule has 82 valence electrons. The number of pyridine rings is 1. The van der Waals surface area contributed by atoms with Crippen LogP contribution in [0.5, 0.6) is 5.75 Å². The van der Waals surface area contributed by atoms with Gasteiger partial charge in [0.2, 0.25) is 0 Å². The molecule has 0 amide bonds. The molecule has 0 aliphatic heterocycles. The van der Waals surface area contributed by atoms with Crippen molar-refractivity contribution in [2.24, 2.45) is 0 Å². The summed E-state index contributed by atoms with van der Waals surface area (Å²) in [6, 6.07) is 1.11. The summed E-state index contributed by atoms with van der Waals surface area (Å²) in [4.78, 5) is 22.9. The van der Waals surface area contributed by atoms with Gasteiger partial charge in [-0.25, -0.2) is 0 Å². The molecule has 0 fully saturated rings. The number of aryl methyl sites for hydroxylation is 1. The first-order chi connectivity index (χ1) is 7.49. The lowest BCUT2D eigenvalue weighted by molar-refractivity contribution is 0.103. The van der Waals surface area contributed by atoms with E-state index in [0.29, 0.717) is 0 Å². The minimum atomic E-state index is -0.982. The predicted octanol–water partition coefficient (Wildman–Crippen LogP) is 0.472. The first kappa shape index (κ1) is 11.6. The Bertz CT molecular complexity index is 561. The molecule has 0 aromatic carbocycles. The number of carbonyl (C=O) groups excluding carboxylic acids is 1. The predicted molar refractivity (Wildman–Crippen MR) is 56.6 cm³/mol. The SMILES string of the molecule is C#C/C=C/C(=O)c1c(O)cc(C)n(O)c1=O. The van der Waals surface area contributed by atoms with Crippen molar-refractivity contribution in [3.63, 3.8) is 0 Å². The van der Waals surface area contributed by atoms with Crippen LogP contribution in [0.4, 0.5) is 0 Å². The van der Waals surface area contributed by atoms with E-state index in [9.17, 15) is 19.9 Å². The Morgan fingerprint density at radius 1 is 1.62 bits per heavy atom. The van der Waals surface area contributed by atoms with Gasteiger partial charge < -0.3 is 10.3 Å². The lowest BCUT2D eigenvalue weighted by Crippen LogP contribution is -2.25. The van der Waals surface area contributed by atoms with E-state index in [1.54, 1.807) is 0 Å². The van der Waals surface area contributed by atoms with E-state index in [-0.39, 0.29) is 10.4 Å². The molecule has 0 spiro atoms. The number of aromatic nitrogens is 1. The molecule has 5 nitrogen and oxygen atoms in total. The maximum absolute atomic E-state index is 11.5. The first-order valence-electron chi connectivity index (χ1n) is 4.31. The number of ketones is 1. The van der Waals surface area contributed by atoms with Gasteiger partial charge in [-0.3, -0.25) is 9.59 Å². The highest BCUT2D eigenvalue weighted by molar-refractivity contribution is 6.06. The van der Waals surface area contributed by atoms with Crippen LogP contribution in [0.2, 0.25) is 0 Å². The zero-order valence-corrected chi connectivity index (χ0v) is 8.47. The third-order valence-corrected chi connectivity index (χ3v) is 1.92. The zero-order valence-electron chi connectivity index (χ0n) is 8.47. The van der Waals surface area contributed by atoms with Gasteiger partial charge in [-0.15, -0.1) is 6.42 Å². The summed E-state index contributed by atoms with van der Waals surface area (Å²) in [6.45, 7) is 1.41. The van der Waals surface area contributed by atoms with Crippen molar-refractivity contribution in [1.82, 2.24) is 4.73 Å². The van der Waals surface area contributed by atoms with Gasteiger partial charge >= 0.3 is 0 Å². The van der Waals surface area contributed by atoms with Crippen molar-refractivity contribution < 1.29 is 15.1 Å². The van der Waals surface area contributed by atoms with Gasteiger partial charge in [0.1, 0.15) is 11.3 Å². The Kier molecular flexibility index (Phi) is 3.16. The molecule has 0 bridgehead atoms. The molecule has 1 heterocycles. The number of carbonyl (C=O) groups is 1. The van der Waals surface area contributed by atoms with Gasteiger partial charge in [0.05, 0.1) is 5.69 Å². The summed E-state index contributed by atoms with van der Waals surface area (Å²) in [7, 11) is 0. The van der Waals surface area contributed by atoms with Crippen molar-refractivity contribution in [1.29, 1.82) is 0 Å². The molecule has 0 atom stereocenters. The molecule has 0 unspecified atom stereocenters. The zero-order chi connectivity index (χ0) is 12.3. The third-order valence-electron chi connectivity index (χ3n) is 1.92. The second kappa shape index (κ2) is 4.36. The van der Waals surface area contributed by atoms with Gasteiger partial charge in [0, 0.05) is 6.07 Å². The number of hydrogen-bond acceptors (Lipinski definition) is 4. The molecule has 0 aliphatic carbocycles. The average Bonchev–Trinajstić information content (AvgIpc) is 2.23. The molecule has 0 aliphatic rings. The van der Waals surface area contributed by atoms with Crippen molar-refractivity contribution >= 4 is 5.78 Å². The number of hydrogen-bond donors (Lipinski definition) is 2. The van der Waals surface area contributed by atoms with E-state index in [1.807, 2.05) is 0 Å². The fraction of sp³-hybridized carbons (Fsp3) is 0.0909. The van der Waals surface area contributed by atoms with Crippen molar-refractivity contribution in [3.05, 3.63) is 39.8 Å². The van der Waals surface area contributed by atoms with E-state index < -0.39 is 22.7 Å². The van der Waals surface area contributed by atoms with Crippen LogP contribution in [0.3, 0.4) is 0 Å². The van der Waals surface area contributed by atoms with E-state index >= 15 is 0 Å². The molecular weight excluding hydrogens is 210 g/mol.